The van der Waals surface area contributed by atoms with E-state index in [1.54, 1.807) is 0 Å². The minimum absolute atomic E-state index is 0. The summed E-state index contributed by atoms with van der Waals surface area (Å²) >= 11 is 0. The van der Waals surface area contributed by atoms with E-state index >= 15 is 0 Å². The molecule has 0 rings (SSSR count). The fourth-order valence-electron chi connectivity index (χ4n) is 0. The predicted octanol–water partition coefficient (Wildman–Crippen LogP) is -1.02. The second-order valence-electron chi connectivity index (χ2n) is 0.871. The molecule has 0 aromatic carbocycles. The Labute approximate surface area is 59.8 Å². The molecule has 2 radical (unpaired) electrons. The second kappa shape index (κ2) is 3.68. The molecule has 0 unspecified atom stereocenters. The Morgan fingerprint density at radius 2 is 1.71 bits per heavy atom. The van der Waals surface area contributed by atoms with Gasteiger partial charge in [0.15, 0.2) is 0 Å². The molecule has 0 heterocycles. The molecule has 3 nitrogen and oxygen atoms in total. The third-order valence-electron chi connectivity index (χ3n) is 0.365. The number of hydrogen-bond donors (Lipinski definition) is 1. The standard InChI is InChI=1S/C2H6O3S.Sn.2H/c1-2-6(3,4)5;;;/h2H2,1H3,(H,3,4,5);;;. The van der Waals surface area contributed by atoms with Gasteiger partial charge in [-0.25, -0.2) is 0 Å². The molecule has 0 aliphatic heterocycles. The van der Waals surface area contributed by atoms with Gasteiger partial charge >= 0.3 is 23.9 Å². The molecular formula is C2H8O3SSn. The van der Waals surface area contributed by atoms with Crippen LogP contribution in [0.15, 0.2) is 0 Å². The minimum atomic E-state index is -3.66. The summed E-state index contributed by atoms with van der Waals surface area (Å²) in [6, 6.07) is 0. The molecule has 5 heteroatoms. The van der Waals surface area contributed by atoms with E-state index in [9.17, 15) is 8.42 Å². The first kappa shape index (κ1) is 10.6. The Kier molecular flexibility index (Phi) is 5.60. The Hall–Kier alpha value is 0.709. The van der Waals surface area contributed by atoms with E-state index in [1.165, 1.54) is 6.92 Å². The zero-order chi connectivity index (χ0) is 5.21. The van der Waals surface area contributed by atoms with Crippen LogP contribution in [-0.4, -0.2) is 42.6 Å². The van der Waals surface area contributed by atoms with Crippen molar-refractivity contribution >= 4 is 34.0 Å². The maximum atomic E-state index is 9.56. The van der Waals surface area contributed by atoms with Crippen LogP contribution < -0.4 is 0 Å². The summed E-state index contributed by atoms with van der Waals surface area (Å²) in [6.07, 6.45) is 0. The number of hydrogen-bond acceptors (Lipinski definition) is 2. The number of rotatable bonds is 1. The first-order valence-electron chi connectivity index (χ1n) is 1.51. The Bertz CT molecular complexity index is 115. The first-order valence-corrected chi connectivity index (χ1v) is 3.12. The van der Waals surface area contributed by atoms with E-state index in [0.717, 1.165) is 0 Å². The van der Waals surface area contributed by atoms with Crippen molar-refractivity contribution in [3.8, 4) is 0 Å². The zero-order valence-electron chi connectivity index (χ0n) is 4.09. The molecule has 7 heavy (non-hydrogen) atoms. The molecule has 0 saturated heterocycles. The van der Waals surface area contributed by atoms with Gasteiger partial charge < -0.3 is 0 Å². The molecule has 0 aromatic heterocycles. The van der Waals surface area contributed by atoms with Crippen molar-refractivity contribution in [2.24, 2.45) is 0 Å². The van der Waals surface area contributed by atoms with Crippen LogP contribution in [0.1, 0.15) is 6.92 Å². The quantitative estimate of drug-likeness (QED) is 0.464. The van der Waals surface area contributed by atoms with Gasteiger partial charge in [-0.2, -0.15) is 8.42 Å². The molecule has 44 valence electrons. The van der Waals surface area contributed by atoms with E-state index in [-0.39, 0.29) is 29.7 Å². The van der Waals surface area contributed by atoms with Crippen LogP contribution in [0.4, 0.5) is 0 Å². The summed E-state index contributed by atoms with van der Waals surface area (Å²) in [4.78, 5) is 0. The molecule has 0 saturated carbocycles. The van der Waals surface area contributed by atoms with Crippen LogP contribution in [0, 0.1) is 0 Å². The van der Waals surface area contributed by atoms with Crippen LogP contribution in [0.25, 0.3) is 0 Å². The van der Waals surface area contributed by atoms with Gasteiger partial charge in [-0.1, -0.05) is 0 Å². The molecule has 0 aromatic rings. The van der Waals surface area contributed by atoms with Crippen LogP contribution in [0.5, 0.6) is 0 Å². The summed E-state index contributed by atoms with van der Waals surface area (Å²) in [5.41, 5.74) is 0. The van der Waals surface area contributed by atoms with E-state index in [0.29, 0.717) is 0 Å². The van der Waals surface area contributed by atoms with Gasteiger partial charge in [0.2, 0.25) is 0 Å². The molecule has 0 atom stereocenters. The van der Waals surface area contributed by atoms with Crippen LogP contribution in [0.2, 0.25) is 0 Å². The molecule has 0 bridgehead atoms. The molecule has 0 amide bonds. The van der Waals surface area contributed by atoms with E-state index in [4.69, 9.17) is 4.55 Å². The third kappa shape index (κ3) is 10.8. The predicted molar refractivity (Wildman–Crippen MR) is 30.6 cm³/mol. The molecule has 0 aliphatic rings. The van der Waals surface area contributed by atoms with Gasteiger partial charge in [0.1, 0.15) is 0 Å². The normalized spacial score (nSPS) is 10.0. The zero-order valence-corrected chi connectivity index (χ0v) is 8.94. The van der Waals surface area contributed by atoms with Crippen molar-refractivity contribution in [3.05, 3.63) is 0 Å². The second-order valence-corrected chi connectivity index (χ2v) is 2.61. The average molecular weight is 231 g/mol. The van der Waals surface area contributed by atoms with E-state index in [1.807, 2.05) is 0 Å². The Morgan fingerprint density at radius 3 is 1.71 bits per heavy atom. The van der Waals surface area contributed by atoms with E-state index < -0.39 is 10.1 Å². The molecule has 0 aliphatic carbocycles. The summed E-state index contributed by atoms with van der Waals surface area (Å²) in [6.45, 7) is 1.37. The van der Waals surface area contributed by atoms with Crippen molar-refractivity contribution in [2.45, 2.75) is 6.92 Å². The SMILES string of the molecule is CCS(=O)(=O)O.[SnH2]. The Morgan fingerprint density at radius 1 is 1.57 bits per heavy atom. The van der Waals surface area contributed by atoms with Gasteiger partial charge in [0.05, 0.1) is 5.75 Å². The summed E-state index contributed by atoms with van der Waals surface area (Å²) in [7, 11) is -3.66. The summed E-state index contributed by atoms with van der Waals surface area (Å²) < 4.78 is 26.9. The van der Waals surface area contributed by atoms with Crippen LogP contribution in [0.3, 0.4) is 0 Å². The molecule has 0 fully saturated rings. The van der Waals surface area contributed by atoms with Gasteiger partial charge in [-0.05, 0) is 6.92 Å². The fourth-order valence-corrected chi connectivity index (χ4v) is 0. The topological polar surface area (TPSA) is 54.4 Å². The van der Waals surface area contributed by atoms with Gasteiger partial charge in [-0.3, -0.25) is 4.55 Å². The van der Waals surface area contributed by atoms with Crippen molar-refractivity contribution < 1.29 is 13.0 Å². The Balaban J connectivity index is 0. The first-order chi connectivity index (χ1) is 2.56. The fraction of sp³-hybridized carbons (Fsp3) is 1.00. The van der Waals surface area contributed by atoms with Crippen LogP contribution in [-0.2, 0) is 10.1 Å². The van der Waals surface area contributed by atoms with Gasteiger partial charge in [0.25, 0.3) is 10.1 Å². The summed E-state index contributed by atoms with van der Waals surface area (Å²) in [5.74, 6) is -0.201. The molecule has 0 spiro atoms. The monoisotopic (exact) mass is 232 g/mol. The van der Waals surface area contributed by atoms with Crippen molar-refractivity contribution in [1.29, 1.82) is 0 Å². The van der Waals surface area contributed by atoms with Crippen molar-refractivity contribution in [2.75, 3.05) is 5.75 Å². The maximum absolute atomic E-state index is 9.56. The van der Waals surface area contributed by atoms with Crippen molar-refractivity contribution in [3.63, 3.8) is 0 Å². The molecular weight excluding hydrogens is 223 g/mol. The third-order valence-corrected chi connectivity index (χ3v) is 1.09. The van der Waals surface area contributed by atoms with Crippen molar-refractivity contribution in [1.82, 2.24) is 0 Å². The average Bonchev–Trinajstić information content (AvgIpc) is 1.35. The molecule has 1 N–H and O–H groups in total. The summed E-state index contributed by atoms with van der Waals surface area (Å²) in [5, 5.41) is 0. The van der Waals surface area contributed by atoms with Gasteiger partial charge in [0, 0.05) is 0 Å². The van der Waals surface area contributed by atoms with E-state index in [2.05, 4.69) is 0 Å². The van der Waals surface area contributed by atoms with Gasteiger partial charge in [-0.15, -0.1) is 0 Å². The van der Waals surface area contributed by atoms with Crippen LogP contribution >= 0.6 is 0 Å².